The van der Waals surface area contributed by atoms with Gasteiger partial charge in [-0.25, -0.2) is 0 Å². The van der Waals surface area contributed by atoms with Gasteiger partial charge in [-0.15, -0.1) is 0 Å². The summed E-state index contributed by atoms with van der Waals surface area (Å²) in [4.78, 5) is 27.1. The van der Waals surface area contributed by atoms with Gasteiger partial charge in [0.1, 0.15) is 0 Å². The molecule has 0 bridgehead atoms. The fourth-order valence-corrected chi connectivity index (χ4v) is 3.47. The normalized spacial score (nSPS) is 16.7. The van der Waals surface area contributed by atoms with Crippen molar-refractivity contribution in [1.82, 2.24) is 0 Å². The van der Waals surface area contributed by atoms with Crippen LogP contribution in [0.5, 0.6) is 0 Å². The first kappa shape index (κ1) is 16.3. The van der Waals surface area contributed by atoms with Crippen molar-refractivity contribution in [2.45, 2.75) is 13.3 Å². The molecule has 0 aliphatic carbocycles. The van der Waals surface area contributed by atoms with E-state index in [1.165, 1.54) is 0 Å². The minimum Gasteiger partial charge on any atom is -0.324 e. The zero-order chi connectivity index (χ0) is 18.1. The first-order valence-corrected chi connectivity index (χ1v) is 8.80. The number of carbonyl (C=O) groups is 2. The number of para-hydroxylation sites is 2. The minimum atomic E-state index is -0.265. The van der Waals surface area contributed by atoms with Gasteiger partial charge < -0.3 is 10.2 Å². The number of rotatable bonds is 2. The molecule has 3 aromatic rings. The Morgan fingerprint density at radius 2 is 1.77 bits per heavy atom. The summed E-state index contributed by atoms with van der Waals surface area (Å²) in [6.07, 6.45) is 0.302. The molecule has 3 aromatic carbocycles. The summed E-state index contributed by atoms with van der Waals surface area (Å²) in [5.41, 5.74) is 2.45. The van der Waals surface area contributed by atoms with Crippen LogP contribution in [-0.4, -0.2) is 18.4 Å². The van der Waals surface area contributed by atoms with Gasteiger partial charge >= 0.3 is 0 Å². The van der Waals surface area contributed by atoms with Gasteiger partial charge in [-0.05, 0) is 28.5 Å². The third-order valence-corrected chi connectivity index (χ3v) is 4.88. The van der Waals surface area contributed by atoms with Gasteiger partial charge in [0.15, 0.2) is 0 Å². The van der Waals surface area contributed by atoms with Crippen LogP contribution in [0.2, 0.25) is 0 Å². The van der Waals surface area contributed by atoms with Gasteiger partial charge in [-0.1, -0.05) is 61.5 Å². The fraction of sp³-hybridized carbons (Fsp3) is 0.182. The number of nitrogens with zero attached hydrogens (tertiary/aromatic N) is 1. The summed E-state index contributed by atoms with van der Waals surface area (Å²) >= 11 is 0. The molecule has 0 radical (unpaired) electrons. The molecule has 0 aromatic heterocycles. The Balaban J connectivity index is 1.70. The van der Waals surface area contributed by atoms with E-state index in [2.05, 4.69) is 17.4 Å². The molecule has 0 unspecified atom stereocenters. The molecule has 2 amide bonds. The predicted molar refractivity (Wildman–Crippen MR) is 104 cm³/mol. The highest BCUT2D eigenvalue weighted by atomic mass is 16.2. The Morgan fingerprint density at radius 1 is 1.04 bits per heavy atom. The van der Waals surface area contributed by atoms with E-state index in [0.717, 1.165) is 22.0 Å². The zero-order valence-corrected chi connectivity index (χ0v) is 14.6. The van der Waals surface area contributed by atoms with Gasteiger partial charge in [0.05, 0.1) is 23.7 Å². The highest BCUT2D eigenvalue weighted by Gasteiger charge is 2.28. The molecule has 26 heavy (non-hydrogen) atoms. The molecule has 4 nitrogen and oxygen atoms in total. The summed E-state index contributed by atoms with van der Waals surface area (Å²) in [7, 11) is 0. The van der Waals surface area contributed by atoms with Gasteiger partial charge in [0, 0.05) is 6.54 Å². The molecule has 0 spiro atoms. The van der Waals surface area contributed by atoms with Crippen LogP contribution in [0, 0.1) is 5.92 Å². The Kier molecular flexibility index (Phi) is 4.17. The quantitative estimate of drug-likeness (QED) is 0.764. The maximum atomic E-state index is 13.2. The lowest BCUT2D eigenvalue weighted by Crippen LogP contribution is -2.36. The Bertz CT molecular complexity index is 991. The average Bonchev–Trinajstić information content (AvgIpc) is 2.79. The maximum absolute atomic E-state index is 13.2. The van der Waals surface area contributed by atoms with E-state index in [0.29, 0.717) is 18.7 Å². The molecule has 1 atom stereocenters. The summed E-state index contributed by atoms with van der Waals surface area (Å²) in [5, 5.41) is 5.13. The molecule has 130 valence electrons. The SMILES string of the molecule is C[C@@H]1CN(C(=O)Cc2cccc3ccccc23)c2ccccc2NC1=O. The predicted octanol–water partition coefficient (Wildman–Crippen LogP) is 4.00. The number of nitrogens with one attached hydrogen (secondary N) is 1. The van der Waals surface area contributed by atoms with Gasteiger partial charge in [0.25, 0.3) is 0 Å². The van der Waals surface area contributed by atoms with E-state index in [-0.39, 0.29) is 17.7 Å². The van der Waals surface area contributed by atoms with Crippen LogP contribution in [0.3, 0.4) is 0 Å². The summed E-state index contributed by atoms with van der Waals surface area (Å²) in [6, 6.07) is 21.6. The third-order valence-electron chi connectivity index (χ3n) is 4.88. The molecule has 1 N–H and O–H groups in total. The smallest absolute Gasteiger partial charge is 0.231 e. The fourth-order valence-electron chi connectivity index (χ4n) is 3.47. The molecule has 4 heteroatoms. The van der Waals surface area contributed by atoms with Crippen LogP contribution < -0.4 is 10.2 Å². The monoisotopic (exact) mass is 344 g/mol. The molecule has 0 saturated heterocycles. The van der Waals surface area contributed by atoms with Crippen LogP contribution in [0.1, 0.15) is 12.5 Å². The lowest BCUT2D eigenvalue weighted by molar-refractivity contribution is -0.119. The van der Waals surface area contributed by atoms with Gasteiger partial charge in [-0.2, -0.15) is 0 Å². The minimum absolute atomic E-state index is 0.00264. The third kappa shape index (κ3) is 2.94. The van der Waals surface area contributed by atoms with Crippen molar-refractivity contribution in [3.63, 3.8) is 0 Å². The van der Waals surface area contributed by atoms with E-state index in [1.807, 2.05) is 61.5 Å². The molecule has 1 aliphatic heterocycles. The molecular weight excluding hydrogens is 324 g/mol. The Labute approximate surface area is 152 Å². The maximum Gasteiger partial charge on any atom is 0.231 e. The van der Waals surface area contributed by atoms with Crippen molar-refractivity contribution in [3.05, 3.63) is 72.3 Å². The van der Waals surface area contributed by atoms with Crippen LogP contribution in [-0.2, 0) is 16.0 Å². The number of hydrogen-bond acceptors (Lipinski definition) is 2. The van der Waals surface area contributed by atoms with Crippen molar-refractivity contribution in [3.8, 4) is 0 Å². The Hall–Kier alpha value is -3.14. The van der Waals surface area contributed by atoms with Gasteiger partial charge in [0.2, 0.25) is 11.8 Å². The van der Waals surface area contributed by atoms with Crippen LogP contribution in [0.4, 0.5) is 11.4 Å². The van der Waals surface area contributed by atoms with E-state index < -0.39 is 0 Å². The molecular formula is C22H20N2O2. The molecule has 4 rings (SSSR count). The second-order valence-electron chi connectivity index (χ2n) is 6.73. The number of amides is 2. The number of fused-ring (bicyclic) bond motifs is 2. The van der Waals surface area contributed by atoms with E-state index in [4.69, 9.17) is 0 Å². The van der Waals surface area contributed by atoms with E-state index >= 15 is 0 Å². The highest BCUT2D eigenvalue weighted by Crippen LogP contribution is 2.31. The molecule has 1 aliphatic rings. The number of benzene rings is 3. The van der Waals surface area contributed by atoms with Crippen LogP contribution in [0.15, 0.2) is 66.7 Å². The largest absolute Gasteiger partial charge is 0.324 e. The van der Waals surface area contributed by atoms with Crippen LogP contribution >= 0.6 is 0 Å². The second kappa shape index (κ2) is 6.64. The highest BCUT2D eigenvalue weighted by molar-refractivity contribution is 6.05. The lowest BCUT2D eigenvalue weighted by Gasteiger charge is -2.24. The van der Waals surface area contributed by atoms with Crippen molar-refractivity contribution >= 4 is 34.0 Å². The van der Waals surface area contributed by atoms with Crippen molar-refractivity contribution in [2.75, 3.05) is 16.8 Å². The summed E-state index contributed by atoms with van der Waals surface area (Å²) in [6.45, 7) is 2.23. The molecule has 1 heterocycles. The van der Waals surface area contributed by atoms with Crippen molar-refractivity contribution < 1.29 is 9.59 Å². The first-order valence-electron chi connectivity index (χ1n) is 8.80. The molecule has 0 saturated carbocycles. The van der Waals surface area contributed by atoms with Gasteiger partial charge in [-0.3, -0.25) is 9.59 Å². The van der Waals surface area contributed by atoms with E-state index in [9.17, 15) is 9.59 Å². The summed E-state index contributed by atoms with van der Waals surface area (Å²) < 4.78 is 0. The lowest BCUT2D eigenvalue weighted by atomic mass is 10.0. The van der Waals surface area contributed by atoms with Crippen LogP contribution in [0.25, 0.3) is 10.8 Å². The standard InChI is InChI=1S/C22H20N2O2/c1-15-14-24(20-12-5-4-11-19(20)23-22(15)26)21(25)13-17-9-6-8-16-7-2-3-10-18(16)17/h2-12,15H,13-14H2,1H3,(H,23,26)/t15-/m1/s1. The number of hydrogen-bond donors (Lipinski definition) is 1. The van der Waals surface area contributed by atoms with Crippen molar-refractivity contribution in [1.29, 1.82) is 0 Å². The topological polar surface area (TPSA) is 49.4 Å². The number of anilines is 2. The first-order chi connectivity index (χ1) is 12.6. The number of carbonyl (C=O) groups excluding carboxylic acids is 2. The summed E-state index contributed by atoms with van der Waals surface area (Å²) in [5.74, 6) is -0.325. The second-order valence-corrected chi connectivity index (χ2v) is 6.73. The Morgan fingerprint density at radius 3 is 2.65 bits per heavy atom. The average molecular weight is 344 g/mol. The zero-order valence-electron chi connectivity index (χ0n) is 14.6. The van der Waals surface area contributed by atoms with Crippen molar-refractivity contribution in [2.24, 2.45) is 5.92 Å². The molecule has 0 fully saturated rings. The van der Waals surface area contributed by atoms with E-state index in [1.54, 1.807) is 4.90 Å².